The van der Waals surface area contributed by atoms with Gasteiger partial charge in [0, 0.05) is 12.6 Å². The van der Waals surface area contributed by atoms with E-state index in [2.05, 4.69) is 14.9 Å². The lowest BCUT2D eigenvalue weighted by Gasteiger charge is -2.08. The van der Waals surface area contributed by atoms with Crippen molar-refractivity contribution in [3.8, 4) is 0 Å². The molecule has 0 bridgehead atoms. The minimum atomic E-state index is -0.166. The Balaban J connectivity index is 0.00000112. The summed E-state index contributed by atoms with van der Waals surface area (Å²) in [5, 5.41) is 16.2. The van der Waals surface area contributed by atoms with Crippen LogP contribution in [0.5, 0.6) is 0 Å². The normalized spacial score (nSPS) is 12.4. The van der Waals surface area contributed by atoms with Crippen LogP contribution in [0.4, 0.5) is 0 Å². The Morgan fingerprint density at radius 1 is 1.33 bits per heavy atom. The quantitative estimate of drug-likeness (QED) is 0.821. The molecule has 1 aromatic heterocycles. The van der Waals surface area contributed by atoms with Crippen LogP contribution in [0.1, 0.15) is 18.0 Å². The van der Waals surface area contributed by atoms with Gasteiger partial charge in [0.2, 0.25) is 0 Å². The van der Waals surface area contributed by atoms with Gasteiger partial charge in [-0.1, -0.05) is 6.07 Å². The summed E-state index contributed by atoms with van der Waals surface area (Å²) in [4.78, 5) is 0. The van der Waals surface area contributed by atoms with Gasteiger partial charge in [0.15, 0.2) is 0 Å². The lowest BCUT2D eigenvalue weighted by molar-refractivity contribution is 0.276. The van der Waals surface area contributed by atoms with E-state index in [1.807, 2.05) is 12.1 Å². The van der Waals surface area contributed by atoms with E-state index in [1.165, 1.54) is 0 Å². The number of fused-ring (bicyclic) bond motifs is 1. The number of aliphatic hydroxyl groups excluding tert-OH is 1. The first-order chi connectivity index (χ1) is 6.81. The Morgan fingerprint density at radius 2 is 2.07 bits per heavy atom. The molecule has 0 fully saturated rings. The third kappa shape index (κ3) is 2.44. The molecule has 0 aliphatic carbocycles. The molecule has 82 valence electrons. The highest BCUT2D eigenvalue weighted by atomic mass is 35.5. The van der Waals surface area contributed by atoms with Crippen molar-refractivity contribution in [3.05, 3.63) is 23.8 Å². The number of nitrogens with two attached hydrogens (primary N) is 1. The largest absolute Gasteiger partial charge is 0.396 e. The number of hydrogen-bond donors (Lipinski definition) is 2. The Morgan fingerprint density at radius 3 is 2.80 bits per heavy atom. The van der Waals surface area contributed by atoms with Crippen molar-refractivity contribution in [1.29, 1.82) is 0 Å². The molecule has 5 nitrogen and oxygen atoms in total. The molecule has 0 amide bonds. The highest BCUT2D eigenvalue weighted by Crippen LogP contribution is 2.18. The first kappa shape index (κ1) is 11.9. The smallest absolute Gasteiger partial charge is 0.135 e. The van der Waals surface area contributed by atoms with Gasteiger partial charge in [0.05, 0.1) is 0 Å². The zero-order valence-corrected chi connectivity index (χ0v) is 8.78. The van der Waals surface area contributed by atoms with Crippen LogP contribution in [0.2, 0.25) is 0 Å². The number of hydrogen-bond acceptors (Lipinski definition) is 5. The lowest BCUT2D eigenvalue weighted by atomic mass is 10.0. The summed E-state index contributed by atoms with van der Waals surface area (Å²) in [6, 6.07) is 5.33. The Bertz CT molecular complexity index is 432. The minimum absolute atomic E-state index is 0. The molecular weight excluding hydrogens is 218 g/mol. The van der Waals surface area contributed by atoms with E-state index in [-0.39, 0.29) is 25.1 Å². The van der Waals surface area contributed by atoms with E-state index in [1.54, 1.807) is 6.07 Å². The SMILES string of the molecule is Cl.NC(CCO)c1ccc2nonc2c1. The summed E-state index contributed by atoms with van der Waals surface area (Å²) in [5.74, 6) is 0. The number of aliphatic hydroxyl groups is 1. The van der Waals surface area contributed by atoms with Crippen molar-refractivity contribution >= 4 is 23.4 Å². The molecule has 1 unspecified atom stereocenters. The van der Waals surface area contributed by atoms with Crippen molar-refractivity contribution in [3.63, 3.8) is 0 Å². The molecule has 3 N–H and O–H groups in total. The topological polar surface area (TPSA) is 85.2 Å². The fourth-order valence-corrected chi connectivity index (χ4v) is 1.34. The molecule has 1 heterocycles. The molecule has 6 heteroatoms. The second kappa shape index (κ2) is 5.06. The predicted molar refractivity (Wildman–Crippen MR) is 57.7 cm³/mol. The van der Waals surface area contributed by atoms with Gasteiger partial charge in [-0.2, -0.15) is 0 Å². The van der Waals surface area contributed by atoms with Crippen LogP contribution in [0.15, 0.2) is 22.8 Å². The van der Waals surface area contributed by atoms with Crippen LogP contribution in [-0.2, 0) is 0 Å². The van der Waals surface area contributed by atoms with E-state index in [0.29, 0.717) is 17.5 Å². The van der Waals surface area contributed by atoms with Crippen molar-refractivity contribution < 1.29 is 9.74 Å². The highest BCUT2D eigenvalue weighted by Gasteiger charge is 2.07. The van der Waals surface area contributed by atoms with E-state index in [4.69, 9.17) is 10.8 Å². The molecule has 15 heavy (non-hydrogen) atoms. The average Bonchev–Trinajstić information content (AvgIpc) is 2.64. The maximum atomic E-state index is 8.74. The number of rotatable bonds is 3. The molecule has 1 atom stereocenters. The van der Waals surface area contributed by atoms with Crippen molar-refractivity contribution in [1.82, 2.24) is 10.3 Å². The van der Waals surface area contributed by atoms with Gasteiger partial charge >= 0.3 is 0 Å². The summed E-state index contributed by atoms with van der Waals surface area (Å²) in [6.45, 7) is 0.0796. The van der Waals surface area contributed by atoms with Gasteiger partial charge in [-0.25, -0.2) is 4.63 Å². The number of halogens is 1. The summed E-state index contributed by atoms with van der Waals surface area (Å²) < 4.78 is 4.57. The Kier molecular flexibility index (Phi) is 4.02. The maximum absolute atomic E-state index is 8.74. The maximum Gasteiger partial charge on any atom is 0.135 e. The molecule has 2 aromatic rings. The van der Waals surface area contributed by atoms with Gasteiger partial charge in [-0.05, 0) is 34.4 Å². The average molecular weight is 230 g/mol. The van der Waals surface area contributed by atoms with Crippen molar-refractivity contribution in [2.75, 3.05) is 6.61 Å². The lowest BCUT2D eigenvalue weighted by Crippen LogP contribution is -2.11. The minimum Gasteiger partial charge on any atom is -0.396 e. The fraction of sp³-hybridized carbons (Fsp3) is 0.333. The Labute approximate surface area is 92.6 Å². The van der Waals surface area contributed by atoms with Crippen molar-refractivity contribution in [2.24, 2.45) is 5.73 Å². The second-order valence-corrected chi connectivity index (χ2v) is 3.13. The molecule has 0 aliphatic heterocycles. The zero-order chi connectivity index (χ0) is 9.97. The van der Waals surface area contributed by atoms with E-state index < -0.39 is 0 Å². The molecule has 0 saturated carbocycles. The number of aromatic nitrogens is 2. The fourth-order valence-electron chi connectivity index (χ4n) is 1.34. The van der Waals surface area contributed by atoms with Crippen molar-refractivity contribution in [2.45, 2.75) is 12.5 Å². The van der Waals surface area contributed by atoms with Gasteiger partial charge in [0.25, 0.3) is 0 Å². The van der Waals surface area contributed by atoms with Crippen LogP contribution < -0.4 is 5.73 Å². The molecular formula is C9H12ClN3O2. The van der Waals surface area contributed by atoms with E-state index >= 15 is 0 Å². The van der Waals surface area contributed by atoms with Crippen LogP contribution in [0.3, 0.4) is 0 Å². The second-order valence-electron chi connectivity index (χ2n) is 3.13. The molecule has 1 aromatic carbocycles. The van der Waals surface area contributed by atoms with Gasteiger partial charge in [-0.3, -0.25) is 0 Å². The first-order valence-electron chi connectivity index (χ1n) is 4.40. The van der Waals surface area contributed by atoms with Crippen LogP contribution in [-0.4, -0.2) is 22.0 Å². The van der Waals surface area contributed by atoms with Gasteiger partial charge in [-0.15, -0.1) is 12.4 Å². The Hall–Kier alpha value is -1.17. The van der Waals surface area contributed by atoms with Crippen LogP contribution >= 0.6 is 12.4 Å². The summed E-state index contributed by atoms with van der Waals surface area (Å²) >= 11 is 0. The van der Waals surface area contributed by atoms with Crippen LogP contribution in [0, 0.1) is 0 Å². The standard InChI is InChI=1S/C9H11N3O2.ClH/c10-7(3-4-13)6-1-2-8-9(5-6)12-14-11-8;/h1-2,5,7,13H,3-4,10H2;1H. The third-order valence-electron chi connectivity index (χ3n) is 2.15. The predicted octanol–water partition coefficient (Wildman–Crippen LogP) is 1.03. The third-order valence-corrected chi connectivity index (χ3v) is 2.15. The highest BCUT2D eigenvalue weighted by molar-refractivity contribution is 5.85. The van der Waals surface area contributed by atoms with Gasteiger partial charge < -0.3 is 10.8 Å². The molecule has 0 aliphatic rings. The molecule has 0 saturated heterocycles. The summed E-state index contributed by atoms with van der Waals surface area (Å²) in [6.07, 6.45) is 0.538. The zero-order valence-electron chi connectivity index (χ0n) is 7.96. The van der Waals surface area contributed by atoms with Gasteiger partial charge in [0.1, 0.15) is 11.0 Å². The number of nitrogens with zero attached hydrogens (tertiary/aromatic N) is 2. The van der Waals surface area contributed by atoms with Crippen LogP contribution in [0.25, 0.3) is 11.0 Å². The molecule has 2 rings (SSSR count). The first-order valence-corrected chi connectivity index (χ1v) is 4.40. The number of benzene rings is 1. The molecule has 0 spiro atoms. The van der Waals surface area contributed by atoms with E-state index in [9.17, 15) is 0 Å². The molecule has 0 radical (unpaired) electrons. The van der Waals surface area contributed by atoms with E-state index in [0.717, 1.165) is 5.56 Å². The monoisotopic (exact) mass is 229 g/mol. The summed E-state index contributed by atoms with van der Waals surface area (Å²) in [7, 11) is 0. The summed E-state index contributed by atoms with van der Waals surface area (Å²) in [5.41, 5.74) is 8.16.